The van der Waals surface area contributed by atoms with Gasteiger partial charge in [0.2, 0.25) is 17.7 Å². The van der Waals surface area contributed by atoms with E-state index in [4.69, 9.17) is 9.26 Å². The molecule has 1 aromatic carbocycles. The van der Waals surface area contributed by atoms with Crippen LogP contribution in [0.1, 0.15) is 11.5 Å². The number of thioether (sulfide) groups is 1. The number of benzene rings is 1. The molecule has 0 spiro atoms. The third kappa shape index (κ3) is 5.15. The Hall–Kier alpha value is -2.67. The Morgan fingerprint density at radius 1 is 1.16 bits per heavy atom. The summed E-state index contributed by atoms with van der Waals surface area (Å²) in [5.41, 5.74) is 0.932. The topological polar surface area (TPSA) is 82.1 Å². The Labute approximate surface area is 178 Å². The average Bonchev–Trinajstić information content (AvgIpc) is 3.35. The van der Waals surface area contributed by atoms with E-state index in [9.17, 15) is 17.6 Å². The number of aryl methyl sites for hydroxylation is 1. The number of anilines is 1. The highest BCUT2D eigenvalue weighted by molar-refractivity contribution is 7.98. The number of rotatable bonds is 6. The third-order valence-electron chi connectivity index (χ3n) is 4.55. The van der Waals surface area contributed by atoms with Gasteiger partial charge in [0.15, 0.2) is 5.16 Å². The van der Waals surface area contributed by atoms with E-state index >= 15 is 0 Å². The fraction of sp³-hybridized carbons (Fsp3) is 0.444. The monoisotopic (exact) mass is 458 g/mol. The largest absolute Gasteiger partial charge is 0.406 e. The summed E-state index contributed by atoms with van der Waals surface area (Å²) < 4.78 is 64.7. The summed E-state index contributed by atoms with van der Waals surface area (Å²) in [5, 5.41) is 11.8. The van der Waals surface area contributed by atoms with Crippen LogP contribution >= 0.6 is 11.8 Å². The van der Waals surface area contributed by atoms with Gasteiger partial charge in [-0.05, 0) is 18.6 Å². The summed E-state index contributed by atoms with van der Waals surface area (Å²) in [5.74, 6) is 0.204. The summed E-state index contributed by atoms with van der Waals surface area (Å²) >= 11 is 1.00. The minimum atomic E-state index is -4.44. The molecule has 31 heavy (non-hydrogen) atoms. The summed E-state index contributed by atoms with van der Waals surface area (Å²) in [7, 11) is 0. The first kappa shape index (κ1) is 21.6. The molecule has 1 aliphatic rings. The van der Waals surface area contributed by atoms with Gasteiger partial charge in [-0.15, -0.1) is 10.2 Å². The molecule has 0 amide bonds. The van der Waals surface area contributed by atoms with Gasteiger partial charge in [0, 0.05) is 18.7 Å². The molecule has 0 saturated carbocycles. The zero-order chi connectivity index (χ0) is 22.0. The van der Waals surface area contributed by atoms with E-state index in [2.05, 4.69) is 20.3 Å². The highest BCUT2D eigenvalue weighted by Crippen LogP contribution is 2.30. The van der Waals surface area contributed by atoms with Crippen molar-refractivity contribution in [1.82, 2.24) is 24.9 Å². The molecular weight excluding hydrogens is 440 g/mol. The van der Waals surface area contributed by atoms with E-state index in [0.29, 0.717) is 37.4 Å². The molecule has 3 aromatic rings. The van der Waals surface area contributed by atoms with E-state index in [1.165, 1.54) is 6.07 Å². The number of hydrogen-bond donors (Lipinski definition) is 0. The Balaban J connectivity index is 1.51. The van der Waals surface area contributed by atoms with E-state index in [-0.39, 0.29) is 28.6 Å². The lowest BCUT2D eigenvalue weighted by atomic mass is 10.1. The number of halogens is 4. The Morgan fingerprint density at radius 3 is 2.65 bits per heavy atom. The number of alkyl halides is 3. The number of hydrogen-bond acceptors (Lipinski definition) is 8. The predicted octanol–water partition coefficient (Wildman–Crippen LogP) is 3.47. The van der Waals surface area contributed by atoms with Crippen molar-refractivity contribution in [1.29, 1.82) is 0 Å². The lowest BCUT2D eigenvalue weighted by molar-refractivity contribution is -0.141. The van der Waals surface area contributed by atoms with E-state index in [1.54, 1.807) is 24.0 Å². The van der Waals surface area contributed by atoms with Crippen LogP contribution in [0.3, 0.4) is 0 Å². The normalized spacial score (nSPS) is 14.9. The molecule has 1 saturated heterocycles. The van der Waals surface area contributed by atoms with Gasteiger partial charge in [-0.3, -0.25) is 4.57 Å². The van der Waals surface area contributed by atoms with Crippen LogP contribution in [0.4, 0.5) is 23.5 Å². The van der Waals surface area contributed by atoms with Gasteiger partial charge < -0.3 is 14.2 Å². The second kappa shape index (κ2) is 8.83. The molecule has 0 radical (unpaired) electrons. The molecule has 2 aromatic heterocycles. The third-order valence-corrected chi connectivity index (χ3v) is 5.50. The van der Waals surface area contributed by atoms with Crippen molar-refractivity contribution in [2.75, 3.05) is 31.2 Å². The van der Waals surface area contributed by atoms with Gasteiger partial charge in [-0.2, -0.15) is 18.2 Å². The Bertz CT molecular complexity index is 1050. The predicted molar refractivity (Wildman–Crippen MR) is 103 cm³/mol. The van der Waals surface area contributed by atoms with Crippen LogP contribution in [0.2, 0.25) is 0 Å². The maximum atomic E-state index is 13.8. The van der Waals surface area contributed by atoms with Crippen LogP contribution in [0, 0.1) is 12.7 Å². The van der Waals surface area contributed by atoms with Crippen LogP contribution < -0.4 is 4.90 Å². The quantitative estimate of drug-likeness (QED) is 0.410. The SMILES string of the molecule is Cc1ccc(-c2noc(CSc3nnc(N4CCOCC4)n3CC(F)(F)F)n2)cc1F. The van der Waals surface area contributed by atoms with Gasteiger partial charge in [-0.25, -0.2) is 4.39 Å². The minimum Gasteiger partial charge on any atom is -0.378 e. The van der Waals surface area contributed by atoms with E-state index in [0.717, 1.165) is 16.3 Å². The van der Waals surface area contributed by atoms with Crippen molar-refractivity contribution in [3.05, 3.63) is 35.5 Å². The maximum absolute atomic E-state index is 13.8. The standard InChI is InChI=1S/C18H18F4N6O2S/c1-11-2-3-12(8-13(11)19)15-23-14(30-26-15)9-31-17-25-24-16(27-4-6-29-7-5-27)28(17)10-18(20,21)22/h2-3,8H,4-7,9-10H2,1H3. The summed E-state index contributed by atoms with van der Waals surface area (Å²) in [6.07, 6.45) is -4.44. The molecule has 3 heterocycles. The van der Waals surface area contributed by atoms with Crippen LogP contribution in [-0.2, 0) is 17.0 Å². The van der Waals surface area contributed by atoms with Crippen molar-refractivity contribution in [2.45, 2.75) is 30.6 Å². The highest BCUT2D eigenvalue weighted by atomic mass is 32.2. The van der Waals surface area contributed by atoms with Gasteiger partial charge in [0.1, 0.15) is 12.4 Å². The zero-order valence-electron chi connectivity index (χ0n) is 16.4. The molecule has 4 rings (SSSR count). The van der Waals surface area contributed by atoms with Crippen LogP contribution in [0.15, 0.2) is 27.9 Å². The first-order chi connectivity index (χ1) is 14.8. The molecule has 0 unspecified atom stereocenters. The molecule has 0 N–H and O–H groups in total. The number of aromatic nitrogens is 5. The first-order valence-electron chi connectivity index (χ1n) is 9.35. The molecule has 8 nitrogen and oxygen atoms in total. The molecule has 0 bridgehead atoms. The zero-order valence-corrected chi connectivity index (χ0v) is 17.2. The van der Waals surface area contributed by atoms with Crippen LogP contribution in [-0.4, -0.2) is 57.4 Å². The molecular formula is C18H18F4N6O2S. The molecule has 0 aliphatic carbocycles. The molecule has 1 fully saturated rings. The Kier molecular flexibility index (Phi) is 6.14. The fourth-order valence-electron chi connectivity index (χ4n) is 2.99. The fourth-order valence-corrected chi connectivity index (χ4v) is 3.76. The highest BCUT2D eigenvalue weighted by Gasteiger charge is 2.33. The maximum Gasteiger partial charge on any atom is 0.406 e. The molecule has 0 atom stereocenters. The van der Waals surface area contributed by atoms with Crippen molar-refractivity contribution in [3.8, 4) is 11.4 Å². The summed E-state index contributed by atoms with van der Waals surface area (Å²) in [6.45, 7) is 2.10. The van der Waals surface area contributed by atoms with E-state index in [1.807, 2.05) is 0 Å². The molecule has 13 heteroatoms. The number of morpholine rings is 1. The van der Waals surface area contributed by atoms with Crippen molar-refractivity contribution < 1.29 is 26.8 Å². The second-order valence-corrected chi connectivity index (χ2v) is 7.79. The summed E-state index contributed by atoms with van der Waals surface area (Å²) in [6, 6.07) is 4.56. The van der Waals surface area contributed by atoms with Crippen molar-refractivity contribution >= 4 is 17.7 Å². The van der Waals surface area contributed by atoms with Gasteiger partial charge in [0.25, 0.3) is 0 Å². The van der Waals surface area contributed by atoms with Crippen LogP contribution in [0.5, 0.6) is 0 Å². The summed E-state index contributed by atoms with van der Waals surface area (Å²) in [4.78, 5) is 5.91. The van der Waals surface area contributed by atoms with Crippen molar-refractivity contribution in [3.63, 3.8) is 0 Å². The van der Waals surface area contributed by atoms with E-state index < -0.39 is 18.5 Å². The minimum absolute atomic E-state index is 0.0833. The number of nitrogens with zero attached hydrogens (tertiary/aromatic N) is 6. The van der Waals surface area contributed by atoms with Crippen molar-refractivity contribution in [2.24, 2.45) is 0 Å². The lowest BCUT2D eigenvalue weighted by Gasteiger charge is -2.28. The first-order valence-corrected chi connectivity index (χ1v) is 10.3. The van der Waals surface area contributed by atoms with Gasteiger partial charge in [0.05, 0.1) is 19.0 Å². The van der Waals surface area contributed by atoms with Crippen LogP contribution in [0.25, 0.3) is 11.4 Å². The molecule has 1 aliphatic heterocycles. The lowest BCUT2D eigenvalue weighted by Crippen LogP contribution is -2.38. The van der Waals surface area contributed by atoms with Gasteiger partial charge in [-0.1, -0.05) is 29.1 Å². The average molecular weight is 458 g/mol. The molecule has 166 valence electrons. The Morgan fingerprint density at radius 2 is 1.94 bits per heavy atom. The second-order valence-electron chi connectivity index (χ2n) is 6.85. The number of ether oxygens (including phenoxy) is 1. The van der Waals surface area contributed by atoms with Gasteiger partial charge >= 0.3 is 6.18 Å². The smallest absolute Gasteiger partial charge is 0.378 e.